The third-order valence-electron chi connectivity index (χ3n) is 3.08. The van der Waals surface area contributed by atoms with Crippen molar-refractivity contribution in [1.29, 1.82) is 0 Å². The van der Waals surface area contributed by atoms with Gasteiger partial charge in [-0.05, 0) is 51.1 Å². The van der Waals surface area contributed by atoms with Crippen LogP contribution in [-0.2, 0) is 9.84 Å². The molecule has 1 aromatic carbocycles. The van der Waals surface area contributed by atoms with Gasteiger partial charge in [-0.3, -0.25) is 4.79 Å². The maximum Gasteiger partial charge on any atom is 0.251 e. The van der Waals surface area contributed by atoms with Gasteiger partial charge in [0.15, 0.2) is 9.84 Å². The molecule has 0 unspecified atom stereocenters. The average molecular weight is 312 g/mol. The second-order valence-electron chi connectivity index (χ2n) is 5.12. The van der Waals surface area contributed by atoms with Crippen LogP contribution in [0.4, 0.5) is 0 Å². The average Bonchev–Trinajstić information content (AvgIpc) is 2.46. The van der Waals surface area contributed by atoms with Crippen molar-refractivity contribution < 1.29 is 13.2 Å². The molecule has 0 aromatic heterocycles. The van der Waals surface area contributed by atoms with E-state index in [2.05, 4.69) is 17.6 Å². The highest BCUT2D eigenvalue weighted by atomic mass is 32.2. The Morgan fingerprint density at radius 3 is 2.24 bits per heavy atom. The predicted molar refractivity (Wildman–Crippen MR) is 84.3 cm³/mol. The molecule has 1 rings (SSSR count). The van der Waals surface area contributed by atoms with E-state index in [1.165, 1.54) is 12.1 Å². The topological polar surface area (TPSA) is 75.3 Å². The molecule has 0 aliphatic heterocycles. The van der Waals surface area contributed by atoms with Gasteiger partial charge < -0.3 is 10.6 Å². The van der Waals surface area contributed by atoms with Crippen LogP contribution in [-0.4, -0.2) is 39.2 Å². The van der Waals surface area contributed by atoms with E-state index in [1.807, 2.05) is 0 Å². The van der Waals surface area contributed by atoms with Crippen LogP contribution in [0, 0.1) is 0 Å². The fourth-order valence-electron chi connectivity index (χ4n) is 1.74. The Balaban J connectivity index is 2.60. The Morgan fingerprint density at radius 2 is 1.71 bits per heavy atom. The van der Waals surface area contributed by atoms with E-state index >= 15 is 0 Å². The van der Waals surface area contributed by atoms with Crippen molar-refractivity contribution in [2.75, 3.05) is 19.6 Å². The summed E-state index contributed by atoms with van der Waals surface area (Å²) >= 11 is 0. The Kier molecular flexibility index (Phi) is 6.84. The smallest absolute Gasteiger partial charge is 0.251 e. The van der Waals surface area contributed by atoms with E-state index < -0.39 is 15.1 Å². The van der Waals surface area contributed by atoms with Gasteiger partial charge in [-0.1, -0.05) is 6.92 Å². The molecule has 21 heavy (non-hydrogen) atoms. The number of nitrogens with one attached hydrogen (secondary N) is 2. The van der Waals surface area contributed by atoms with Gasteiger partial charge in [0.1, 0.15) is 0 Å². The quantitative estimate of drug-likeness (QED) is 0.715. The second-order valence-corrected chi connectivity index (χ2v) is 7.63. The van der Waals surface area contributed by atoms with Crippen molar-refractivity contribution in [1.82, 2.24) is 10.6 Å². The number of carbonyl (C=O) groups excluding carboxylic acids is 1. The fourth-order valence-corrected chi connectivity index (χ4v) is 2.80. The third kappa shape index (κ3) is 5.13. The number of sulfone groups is 1. The maximum absolute atomic E-state index is 12.0. The van der Waals surface area contributed by atoms with E-state index in [9.17, 15) is 13.2 Å². The van der Waals surface area contributed by atoms with Crippen LogP contribution in [0.1, 0.15) is 37.6 Å². The molecule has 0 heterocycles. The predicted octanol–water partition coefficient (Wildman–Crippen LogP) is 1.60. The molecule has 0 aliphatic rings. The number of hydrogen-bond donors (Lipinski definition) is 2. The normalized spacial score (nSPS) is 11.6. The van der Waals surface area contributed by atoms with Crippen molar-refractivity contribution >= 4 is 15.7 Å². The van der Waals surface area contributed by atoms with E-state index in [-0.39, 0.29) is 10.8 Å². The zero-order chi connectivity index (χ0) is 15.9. The molecule has 0 bridgehead atoms. The van der Waals surface area contributed by atoms with Gasteiger partial charge in [0.25, 0.3) is 5.91 Å². The van der Waals surface area contributed by atoms with Crippen LogP contribution in [0.5, 0.6) is 0 Å². The molecule has 5 nitrogen and oxygen atoms in total. The number of amides is 1. The molecule has 6 heteroatoms. The van der Waals surface area contributed by atoms with Crippen LogP contribution < -0.4 is 10.6 Å². The Hall–Kier alpha value is -1.40. The van der Waals surface area contributed by atoms with Crippen molar-refractivity contribution in [2.45, 2.75) is 37.3 Å². The highest BCUT2D eigenvalue weighted by molar-refractivity contribution is 7.92. The minimum absolute atomic E-state index is 0.193. The molecular formula is C15H24N2O3S. The van der Waals surface area contributed by atoms with Crippen molar-refractivity contribution in [2.24, 2.45) is 0 Å². The highest BCUT2D eigenvalue weighted by Gasteiger charge is 2.19. The molecule has 0 fully saturated rings. The fraction of sp³-hybridized carbons (Fsp3) is 0.533. The lowest BCUT2D eigenvalue weighted by Crippen LogP contribution is -2.32. The molecule has 1 aromatic rings. The summed E-state index contributed by atoms with van der Waals surface area (Å²) in [5, 5.41) is 5.51. The number of benzene rings is 1. The summed E-state index contributed by atoms with van der Waals surface area (Å²) in [7, 11) is -3.29. The highest BCUT2D eigenvalue weighted by Crippen LogP contribution is 2.16. The lowest BCUT2D eigenvalue weighted by atomic mass is 10.2. The van der Waals surface area contributed by atoms with Crippen LogP contribution in [0.2, 0.25) is 0 Å². The molecule has 2 N–H and O–H groups in total. The Labute approximate surface area is 127 Å². The van der Waals surface area contributed by atoms with Crippen molar-refractivity contribution in [3.63, 3.8) is 0 Å². The van der Waals surface area contributed by atoms with Crippen molar-refractivity contribution in [3.05, 3.63) is 29.8 Å². The molecule has 0 spiro atoms. The first kappa shape index (κ1) is 17.7. The number of hydrogen-bond acceptors (Lipinski definition) is 4. The summed E-state index contributed by atoms with van der Waals surface area (Å²) in [5.41, 5.74) is 0.466. The largest absolute Gasteiger partial charge is 0.351 e. The Morgan fingerprint density at radius 1 is 1.10 bits per heavy atom. The summed E-state index contributed by atoms with van der Waals surface area (Å²) in [6.07, 6.45) is 1.06. The Bertz CT molecular complexity index is 551. The first-order chi connectivity index (χ1) is 9.89. The zero-order valence-corrected chi connectivity index (χ0v) is 13.7. The van der Waals surface area contributed by atoms with Gasteiger partial charge >= 0.3 is 0 Å². The van der Waals surface area contributed by atoms with Gasteiger partial charge in [-0.25, -0.2) is 8.42 Å². The third-order valence-corrected chi connectivity index (χ3v) is 5.25. The molecule has 1 amide bonds. The van der Waals surface area contributed by atoms with Crippen LogP contribution in [0.25, 0.3) is 0 Å². The standard InChI is InChI=1S/C15H24N2O3S/c1-4-9-16-10-11-17-15(18)13-5-7-14(8-6-13)21(19,20)12(2)3/h5-8,12,16H,4,9-11H2,1-3H3,(H,17,18). The van der Waals surface area contributed by atoms with E-state index in [0.29, 0.717) is 12.1 Å². The molecule has 0 atom stereocenters. The molecule has 0 aliphatic carbocycles. The summed E-state index contributed by atoms with van der Waals surface area (Å²) in [6, 6.07) is 6.06. The minimum atomic E-state index is -3.29. The van der Waals surface area contributed by atoms with Crippen LogP contribution >= 0.6 is 0 Å². The molecule has 0 saturated carbocycles. The first-order valence-corrected chi connectivity index (χ1v) is 8.77. The van der Waals surface area contributed by atoms with Gasteiger partial charge in [0.05, 0.1) is 10.1 Å². The summed E-state index contributed by atoms with van der Waals surface area (Å²) in [6.45, 7) is 7.55. The summed E-state index contributed by atoms with van der Waals surface area (Å²) in [4.78, 5) is 12.1. The van der Waals surface area contributed by atoms with E-state index in [1.54, 1.807) is 26.0 Å². The van der Waals surface area contributed by atoms with Gasteiger partial charge in [0, 0.05) is 18.7 Å². The summed E-state index contributed by atoms with van der Waals surface area (Å²) in [5.74, 6) is -0.193. The van der Waals surface area contributed by atoms with E-state index in [0.717, 1.165) is 19.5 Å². The maximum atomic E-state index is 12.0. The van der Waals surface area contributed by atoms with Gasteiger partial charge in [-0.15, -0.1) is 0 Å². The summed E-state index contributed by atoms with van der Waals surface area (Å²) < 4.78 is 24.0. The first-order valence-electron chi connectivity index (χ1n) is 7.22. The lowest BCUT2D eigenvalue weighted by molar-refractivity contribution is 0.0954. The molecule has 118 valence electrons. The monoisotopic (exact) mass is 312 g/mol. The van der Waals surface area contributed by atoms with Gasteiger partial charge in [-0.2, -0.15) is 0 Å². The minimum Gasteiger partial charge on any atom is -0.351 e. The number of carbonyl (C=O) groups is 1. The second kappa shape index (κ2) is 8.14. The number of rotatable bonds is 8. The molecule has 0 radical (unpaired) electrons. The van der Waals surface area contributed by atoms with Crippen LogP contribution in [0.15, 0.2) is 29.2 Å². The molecular weight excluding hydrogens is 288 g/mol. The van der Waals surface area contributed by atoms with Crippen LogP contribution in [0.3, 0.4) is 0 Å². The SMILES string of the molecule is CCCNCCNC(=O)c1ccc(S(=O)(=O)C(C)C)cc1. The van der Waals surface area contributed by atoms with Gasteiger partial charge in [0.2, 0.25) is 0 Å². The molecule has 0 saturated heterocycles. The zero-order valence-electron chi connectivity index (χ0n) is 12.8. The van der Waals surface area contributed by atoms with Crippen molar-refractivity contribution in [3.8, 4) is 0 Å². The van der Waals surface area contributed by atoms with E-state index in [4.69, 9.17) is 0 Å². The lowest BCUT2D eigenvalue weighted by Gasteiger charge is -2.09.